The van der Waals surface area contributed by atoms with Gasteiger partial charge in [-0.25, -0.2) is 5.48 Å². The second-order valence-electron chi connectivity index (χ2n) is 2.88. The lowest BCUT2D eigenvalue weighted by Gasteiger charge is -2.17. The van der Waals surface area contributed by atoms with Crippen LogP contribution in [-0.2, 0) is 14.4 Å². The van der Waals surface area contributed by atoms with E-state index in [-0.39, 0.29) is 17.7 Å². The number of allylic oxidation sites excluding steroid dienone is 1. The first-order valence-electron chi connectivity index (χ1n) is 3.93. The summed E-state index contributed by atoms with van der Waals surface area (Å²) in [4.78, 5) is 28.0. The lowest BCUT2D eigenvalue weighted by molar-refractivity contribution is -0.126. The SMILES string of the molecule is CC(=O)C=CN(C)C1CONC1=O. The van der Waals surface area contributed by atoms with Crippen LogP contribution in [0, 0.1) is 0 Å². The van der Waals surface area contributed by atoms with Crippen molar-refractivity contribution < 1.29 is 14.4 Å². The molecule has 13 heavy (non-hydrogen) atoms. The van der Waals surface area contributed by atoms with Gasteiger partial charge < -0.3 is 4.90 Å². The second-order valence-corrected chi connectivity index (χ2v) is 2.88. The standard InChI is InChI=1S/C8H12N2O3/c1-6(11)3-4-10(2)7-5-13-9-8(7)12/h3-4,7H,5H2,1-2H3,(H,9,12). The van der Waals surface area contributed by atoms with Crippen molar-refractivity contribution >= 4 is 11.7 Å². The average Bonchev–Trinajstić information content (AvgIpc) is 2.47. The van der Waals surface area contributed by atoms with E-state index >= 15 is 0 Å². The van der Waals surface area contributed by atoms with Crippen molar-refractivity contribution in [3.05, 3.63) is 12.3 Å². The van der Waals surface area contributed by atoms with Gasteiger partial charge in [-0.15, -0.1) is 0 Å². The van der Waals surface area contributed by atoms with Crippen molar-refractivity contribution in [2.75, 3.05) is 13.7 Å². The predicted molar refractivity (Wildman–Crippen MR) is 45.5 cm³/mol. The molecule has 0 aromatic rings. The zero-order chi connectivity index (χ0) is 9.84. The largest absolute Gasteiger partial charge is 0.367 e. The molecule has 1 rings (SSSR count). The molecule has 72 valence electrons. The normalized spacial score (nSPS) is 22.0. The summed E-state index contributed by atoms with van der Waals surface area (Å²) < 4.78 is 0. The van der Waals surface area contributed by atoms with E-state index in [2.05, 4.69) is 5.48 Å². The highest BCUT2D eigenvalue weighted by atomic mass is 16.7. The summed E-state index contributed by atoms with van der Waals surface area (Å²) in [5.41, 5.74) is 2.24. The predicted octanol–water partition coefficient (Wildman–Crippen LogP) is -0.549. The molecule has 1 N–H and O–H groups in total. The lowest BCUT2D eigenvalue weighted by atomic mass is 10.3. The maximum atomic E-state index is 11.1. The van der Waals surface area contributed by atoms with Gasteiger partial charge in [-0.2, -0.15) is 0 Å². The lowest BCUT2D eigenvalue weighted by Crippen LogP contribution is -2.36. The molecule has 1 atom stereocenters. The van der Waals surface area contributed by atoms with Gasteiger partial charge in [-0.05, 0) is 13.0 Å². The molecule has 0 aromatic heterocycles. The summed E-state index contributed by atoms with van der Waals surface area (Å²) in [7, 11) is 1.72. The van der Waals surface area contributed by atoms with Gasteiger partial charge >= 0.3 is 0 Å². The van der Waals surface area contributed by atoms with Crippen LogP contribution in [-0.4, -0.2) is 36.3 Å². The Hall–Kier alpha value is -1.36. The Bertz CT molecular complexity index is 250. The molecule has 1 fully saturated rings. The van der Waals surface area contributed by atoms with E-state index < -0.39 is 0 Å². The van der Waals surface area contributed by atoms with E-state index in [1.165, 1.54) is 13.0 Å². The third kappa shape index (κ3) is 2.55. The van der Waals surface area contributed by atoms with Crippen LogP contribution in [0.2, 0.25) is 0 Å². The van der Waals surface area contributed by atoms with Gasteiger partial charge in [0.15, 0.2) is 5.78 Å². The minimum atomic E-state index is -0.337. The van der Waals surface area contributed by atoms with E-state index in [0.29, 0.717) is 6.61 Å². The molecule has 1 aliphatic heterocycles. The summed E-state index contributed by atoms with van der Waals surface area (Å²) in [6.07, 6.45) is 2.98. The highest BCUT2D eigenvalue weighted by molar-refractivity contribution is 5.87. The molecule has 0 aliphatic carbocycles. The molecule has 1 amide bonds. The Labute approximate surface area is 76.3 Å². The fourth-order valence-corrected chi connectivity index (χ4v) is 0.964. The molecule has 0 bridgehead atoms. The number of hydrogen-bond donors (Lipinski definition) is 1. The quantitative estimate of drug-likeness (QED) is 0.598. The first kappa shape index (κ1) is 9.73. The molecule has 0 saturated carbocycles. The molecule has 1 heterocycles. The topological polar surface area (TPSA) is 58.6 Å². The van der Waals surface area contributed by atoms with Gasteiger partial charge in [0, 0.05) is 13.2 Å². The zero-order valence-electron chi connectivity index (χ0n) is 7.61. The van der Waals surface area contributed by atoms with Crippen molar-refractivity contribution in [2.24, 2.45) is 0 Å². The first-order valence-corrected chi connectivity index (χ1v) is 3.93. The van der Waals surface area contributed by atoms with Gasteiger partial charge in [0.1, 0.15) is 12.6 Å². The monoisotopic (exact) mass is 184 g/mol. The summed E-state index contributed by atoms with van der Waals surface area (Å²) in [5.74, 6) is -0.234. The van der Waals surface area contributed by atoms with Crippen LogP contribution >= 0.6 is 0 Å². The zero-order valence-corrected chi connectivity index (χ0v) is 7.61. The third-order valence-corrected chi connectivity index (χ3v) is 1.75. The van der Waals surface area contributed by atoms with Gasteiger partial charge in [0.05, 0.1) is 0 Å². The molecule has 0 radical (unpaired) electrons. The Balaban J connectivity index is 2.51. The number of hydrogen-bond acceptors (Lipinski definition) is 4. The number of rotatable bonds is 3. The highest BCUT2D eigenvalue weighted by Gasteiger charge is 2.27. The first-order chi connectivity index (χ1) is 6.11. The number of ketones is 1. The Morgan fingerprint density at radius 2 is 2.46 bits per heavy atom. The maximum absolute atomic E-state index is 11.1. The van der Waals surface area contributed by atoms with E-state index in [1.54, 1.807) is 18.1 Å². The smallest absolute Gasteiger partial charge is 0.268 e. The van der Waals surface area contributed by atoms with Crippen LogP contribution in [0.5, 0.6) is 0 Å². The summed E-state index contributed by atoms with van der Waals surface area (Å²) in [5, 5.41) is 0. The maximum Gasteiger partial charge on any atom is 0.268 e. The van der Waals surface area contributed by atoms with Crippen molar-refractivity contribution in [3.8, 4) is 0 Å². The van der Waals surface area contributed by atoms with Gasteiger partial charge in [0.2, 0.25) is 0 Å². The fourth-order valence-electron chi connectivity index (χ4n) is 0.964. The Kier molecular flexibility index (Phi) is 3.02. The van der Waals surface area contributed by atoms with E-state index in [1.807, 2.05) is 0 Å². The molecular weight excluding hydrogens is 172 g/mol. The number of amides is 1. The van der Waals surface area contributed by atoms with Gasteiger partial charge in [-0.1, -0.05) is 0 Å². The summed E-state index contributed by atoms with van der Waals surface area (Å²) >= 11 is 0. The number of likely N-dealkylation sites (N-methyl/N-ethyl adjacent to an activating group) is 1. The number of carbonyl (C=O) groups is 2. The highest BCUT2D eigenvalue weighted by Crippen LogP contribution is 2.03. The van der Waals surface area contributed by atoms with Crippen LogP contribution < -0.4 is 5.48 Å². The molecule has 1 unspecified atom stereocenters. The van der Waals surface area contributed by atoms with Crippen LogP contribution in [0.1, 0.15) is 6.92 Å². The van der Waals surface area contributed by atoms with Crippen molar-refractivity contribution in [3.63, 3.8) is 0 Å². The second kappa shape index (κ2) is 4.04. The molecule has 1 aliphatic rings. The Morgan fingerprint density at radius 1 is 1.77 bits per heavy atom. The van der Waals surface area contributed by atoms with E-state index in [4.69, 9.17) is 4.84 Å². The third-order valence-electron chi connectivity index (χ3n) is 1.75. The van der Waals surface area contributed by atoms with E-state index in [0.717, 1.165) is 0 Å². The number of nitrogens with zero attached hydrogens (tertiary/aromatic N) is 1. The summed E-state index contributed by atoms with van der Waals surface area (Å²) in [6.45, 7) is 1.76. The molecule has 0 aromatic carbocycles. The van der Waals surface area contributed by atoms with Crippen LogP contribution in [0.25, 0.3) is 0 Å². The van der Waals surface area contributed by atoms with E-state index in [9.17, 15) is 9.59 Å². The Morgan fingerprint density at radius 3 is 2.92 bits per heavy atom. The number of carbonyl (C=O) groups excluding carboxylic acids is 2. The minimum Gasteiger partial charge on any atom is -0.367 e. The van der Waals surface area contributed by atoms with Crippen molar-refractivity contribution in [2.45, 2.75) is 13.0 Å². The molecular formula is C8H12N2O3. The van der Waals surface area contributed by atoms with Crippen LogP contribution in [0.4, 0.5) is 0 Å². The fraction of sp³-hybridized carbons (Fsp3) is 0.500. The van der Waals surface area contributed by atoms with Crippen molar-refractivity contribution in [1.82, 2.24) is 10.4 Å². The molecule has 0 spiro atoms. The van der Waals surface area contributed by atoms with Crippen molar-refractivity contribution in [1.29, 1.82) is 0 Å². The summed E-state index contributed by atoms with van der Waals surface area (Å²) in [6, 6.07) is -0.337. The molecule has 1 saturated heterocycles. The molecule has 5 nitrogen and oxygen atoms in total. The molecule has 5 heteroatoms. The van der Waals surface area contributed by atoms with Gasteiger partial charge in [0.25, 0.3) is 5.91 Å². The van der Waals surface area contributed by atoms with Crippen LogP contribution in [0.3, 0.4) is 0 Å². The number of hydroxylamine groups is 1. The minimum absolute atomic E-state index is 0.0498. The van der Waals surface area contributed by atoms with Gasteiger partial charge in [-0.3, -0.25) is 14.4 Å². The van der Waals surface area contributed by atoms with Crippen LogP contribution in [0.15, 0.2) is 12.3 Å². The number of nitrogens with one attached hydrogen (secondary N) is 1. The average molecular weight is 184 g/mol.